The lowest BCUT2D eigenvalue weighted by Gasteiger charge is -2.18. The molecule has 0 saturated heterocycles. The van der Waals surface area contributed by atoms with E-state index in [9.17, 15) is 19.2 Å². The van der Waals surface area contributed by atoms with E-state index in [1.807, 2.05) is 48.7 Å². The van der Waals surface area contributed by atoms with Crippen LogP contribution < -0.4 is 16.2 Å². The van der Waals surface area contributed by atoms with Gasteiger partial charge in [0.1, 0.15) is 5.56 Å². The summed E-state index contributed by atoms with van der Waals surface area (Å²) in [4.78, 5) is 59.0. The maximum Gasteiger partial charge on any atom is 0.308 e. The van der Waals surface area contributed by atoms with Crippen LogP contribution in [0.2, 0.25) is 0 Å². The van der Waals surface area contributed by atoms with Crippen molar-refractivity contribution in [3.05, 3.63) is 94.4 Å². The molecule has 0 radical (unpaired) electrons. The standard InChI is InChI=1S/C28H25N5O5/c1-16(27(37)38)13-31-26(36)23-30-15-22(24(34)32-23)25(35)33-28(10-11-28)19-7-5-17(6-8-19)20-4-2-3-18-14-29-12-9-21(18)20/h2-9,12,14-16H,10-11,13H2,1H3,(H,31,36)(H,33,35)(H,37,38)(H,30,32,34)/t16-/m0/s1. The summed E-state index contributed by atoms with van der Waals surface area (Å²) >= 11 is 0. The molecule has 192 valence electrons. The third kappa shape index (κ3) is 4.88. The normalized spacial score (nSPS) is 14.4. The summed E-state index contributed by atoms with van der Waals surface area (Å²) in [5.41, 5.74) is 1.51. The van der Waals surface area contributed by atoms with E-state index in [0.717, 1.165) is 46.5 Å². The second-order valence-electron chi connectivity index (χ2n) is 9.44. The number of carbonyl (C=O) groups excluding carboxylic acids is 2. The van der Waals surface area contributed by atoms with Gasteiger partial charge in [-0.3, -0.25) is 24.2 Å². The maximum absolute atomic E-state index is 13.0. The van der Waals surface area contributed by atoms with Crippen LogP contribution in [0, 0.1) is 5.92 Å². The number of carboxylic acids is 1. The van der Waals surface area contributed by atoms with Crippen molar-refractivity contribution in [2.75, 3.05) is 6.54 Å². The van der Waals surface area contributed by atoms with Crippen molar-refractivity contribution >= 4 is 28.6 Å². The second-order valence-corrected chi connectivity index (χ2v) is 9.44. The number of aliphatic carboxylic acids is 1. The first-order chi connectivity index (χ1) is 18.3. The SMILES string of the molecule is C[C@@H](CNC(=O)c1ncc(C(=O)NC2(c3ccc(-c4cccc5cnccc45)cc3)CC2)c(=O)[nH]1)C(=O)O. The number of hydrogen-bond acceptors (Lipinski definition) is 6. The van der Waals surface area contributed by atoms with Crippen LogP contribution in [-0.2, 0) is 10.3 Å². The molecule has 0 unspecified atom stereocenters. The minimum Gasteiger partial charge on any atom is -0.481 e. The van der Waals surface area contributed by atoms with Crippen LogP contribution in [0.4, 0.5) is 0 Å². The molecule has 10 heteroatoms. The summed E-state index contributed by atoms with van der Waals surface area (Å²) in [5.74, 6) is -3.49. The van der Waals surface area contributed by atoms with Crippen LogP contribution in [0.3, 0.4) is 0 Å². The average molecular weight is 512 g/mol. The van der Waals surface area contributed by atoms with Gasteiger partial charge in [0, 0.05) is 30.5 Å². The Morgan fingerprint density at radius 1 is 1.05 bits per heavy atom. The molecule has 2 aromatic carbocycles. The number of aromatic nitrogens is 3. The quantitative estimate of drug-likeness (QED) is 0.284. The first-order valence-electron chi connectivity index (χ1n) is 12.1. The summed E-state index contributed by atoms with van der Waals surface area (Å²) in [6, 6.07) is 16.1. The van der Waals surface area contributed by atoms with Gasteiger partial charge in [0.15, 0.2) is 5.82 Å². The van der Waals surface area contributed by atoms with E-state index in [0.29, 0.717) is 0 Å². The van der Waals surface area contributed by atoms with Gasteiger partial charge < -0.3 is 20.7 Å². The number of amides is 2. The number of benzene rings is 2. The number of aromatic amines is 1. The molecule has 1 aliphatic carbocycles. The van der Waals surface area contributed by atoms with Crippen LogP contribution in [0.1, 0.15) is 46.3 Å². The Labute approximate surface area is 217 Å². The summed E-state index contributed by atoms with van der Waals surface area (Å²) < 4.78 is 0. The minimum atomic E-state index is -1.06. The van der Waals surface area contributed by atoms with Crippen LogP contribution in [0.25, 0.3) is 21.9 Å². The Bertz CT molecular complexity index is 1600. The van der Waals surface area contributed by atoms with Gasteiger partial charge in [-0.15, -0.1) is 0 Å². The lowest BCUT2D eigenvalue weighted by Crippen LogP contribution is -2.39. The fourth-order valence-electron chi connectivity index (χ4n) is 4.33. The Hall–Kier alpha value is -4.86. The van der Waals surface area contributed by atoms with E-state index in [4.69, 9.17) is 5.11 Å². The summed E-state index contributed by atoms with van der Waals surface area (Å²) in [7, 11) is 0. The monoisotopic (exact) mass is 511 g/mol. The fraction of sp³-hybridized carbons (Fsp3) is 0.214. The van der Waals surface area contributed by atoms with Gasteiger partial charge in [-0.2, -0.15) is 0 Å². The van der Waals surface area contributed by atoms with Gasteiger partial charge in [0.2, 0.25) is 0 Å². The number of nitrogens with one attached hydrogen (secondary N) is 3. The van der Waals surface area contributed by atoms with Gasteiger partial charge in [-0.05, 0) is 41.0 Å². The van der Waals surface area contributed by atoms with Crippen LogP contribution in [0.15, 0.2) is 71.9 Å². The van der Waals surface area contributed by atoms with Crippen molar-refractivity contribution in [3.8, 4) is 11.1 Å². The zero-order valence-electron chi connectivity index (χ0n) is 20.5. The first kappa shape index (κ1) is 24.8. The number of pyridine rings is 1. The lowest BCUT2D eigenvalue weighted by atomic mass is 9.96. The molecule has 0 spiro atoms. The van der Waals surface area contributed by atoms with Gasteiger partial charge in [-0.1, -0.05) is 49.4 Å². The van der Waals surface area contributed by atoms with E-state index in [-0.39, 0.29) is 17.9 Å². The summed E-state index contributed by atoms with van der Waals surface area (Å²) in [5, 5.41) is 16.4. The van der Waals surface area contributed by atoms with E-state index < -0.39 is 34.8 Å². The Morgan fingerprint density at radius 3 is 2.50 bits per heavy atom. The first-order valence-corrected chi connectivity index (χ1v) is 12.1. The number of carboxylic acid groups (broad SMARTS) is 1. The van der Waals surface area contributed by atoms with E-state index >= 15 is 0 Å². The van der Waals surface area contributed by atoms with Crippen LogP contribution in [-0.4, -0.2) is 44.4 Å². The molecule has 2 aromatic heterocycles. The number of carbonyl (C=O) groups is 3. The predicted molar refractivity (Wildman–Crippen MR) is 140 cm³/mol. The Morgan fingerprint density at radius 2 is 1.82 bits per heavy atom. The number of fused-ring (bicyclic) bond motifs is 1. The fourth-order valence-corrected chi connectivity index (χ4v) is 4.33. The lowest BCUT2D eigenvalue weighted by molar-refractivity contribution is -0.140. The summed E-state index contributed by atoms with van der Waals surface area (Å²) in [6.45, 7) is 1.31. The molecule has 1 fully saturated rings. The highest BCUT2D eigenvalue weighted by Gasteiger charge is 2.46. The number of H-pyrrole nitrogens is 1. The van der Waals surface area contributed by atoms with Gasteiger partial charge in [0.05, 0.1) is 11.5 Å². The van der Waals surface area contributed by atoms with Crippen molar-refractivity contribution in [2.24, 2.45) is 5.92 Å². The van der Waals surface area contributed by atoms with Gasteiger partial charge >= 0.3 is 5.97 Å². The smallest absolute Gasteiger partial charge is 0.308 e. The highest BCUT2D eigenvalue weighted by atomic mass is 16.4. The van der Waals surface area contributed by atoms with Crippen LogP contribution >= 0.6 is 0 Å². The molecule has 4 N–H and O–H groups in total. The average Bonchev–Trinajstić information content (AvgIpc) is 3.71. The van der Waals surface area contributed by atoms with Crippen molar-refractivity contribution in [3.63, 3.8) is 0 Å². The van der Waals surface area contributed by atoms with E-state index in [2.05, 4.69) is 31.7 Å². The van der Waals surface area contributed by atoms with Crippen molar-refractivity contribution < 1.29 is 19.5 Å². The van der Waals surface area contributed by atoms with Crippen molar-refractivity contribution in [1.29, 1.82) is 0 Å². The van der Waals surface area contributed by atoms with Gasteiger partial charge in [0.25, 0.3) is 17.4 Å². The van der Waals surface area contributed by atoms with Crippen molar-refractivity contribution in [2.45, 2.75) is 25.3 Å². The minimum absolute atomic E-state index is 0.126. The molecular weight excluding hydrogens is 486 g/mol. The number of rotatable bonds is 8. The molecule has 1 atom stereocenters. The molecule has 1 aliphatic rings. The molecule has 2 amide bonds. The molecular formula is C28H25N5O5. The molecule has 10 nitrogen and oxygen atoms in total. The largest absolute Gasteiger partial charge is 0.481 e. The Kier molecular flexibility index (Phi) is 6.46. The zero-order valence-corrected chi connectivity index (χ0v) is 20.5. The topological polar surface area (TPSA) is 154 Å². The summed E-state index contributed by atoms with van der Waals surface area (Å²) in [6.07, 6.45) is 6.11. The zero-order chi connectivity index (χ0) is 26.9. The molecule has 38 heavy (non-hydrogen) atoms. The Balaban J connectivity index is 1.29. The van der Waals surface area contributed by atoms with Gasteiger partial charge in [-0.25, -0.2) is 4.98 Å². The third-order valence-electron chi connectivity index (χ3n) is 6.78. The molecule has 0 aliphatic heterocycles. The molecule has 1 saturated carbocycles. The highest BCUT2D eigenvalue weighted by molar-refractivity contribution is 5.97. The van der Waals surface area contributed by atoms with Crippen LogP contribution in [0.5, 0.6) is 0 Å². The van der Waals surface area contributed by atoms with E-state index in [1.165, 1.54) is 6.92 Å². The molecule has 4 aromatic rings. The molecule has 5 rings (SSSR count). The molecule has 0 bridgehead atoms. The highest BCUT2D eigenvalue weighted by Crippen LogP contribution is 2.46. The molecule has 2 heterocycles. The predicted octanol–water partition coefficient (Wildman–Crippen LogP) is 2.85. The second kappa shape index (κ2) is 9.89. The number of nitrogens with zero attached hydrogens (tertiary/aromatic N) is 2. The van der Waals surface area contributed by atoms with E-state index in [1.54, 1.807) is 6.20 Å². The maximum atomic E-state index is 13.0. The third-order valence-corrected chi connectivity index (χ3v) is 6.78. The van der Waals surface area contributed by atoms with Crippen molar-refractivity contribution in [1.82, 2.24) is 25.6 Å². The number of hydrogen-bond donors (Lipinski definition) is 4.